The molecule has 0 fully saturated rings. The van der Waals surface area contributed by atoms with Gasteiger partial charge in [-0.05, 0) is 49.1 Å². The smallest absolute Gasteiger partial charge is 0.311 e. The minimum Gasteiger partial charge on any atom is -0.487 e. The maximum atomic E-state index is 11.7. The molecule has 0 aliphatic heterocycles. The van der Waals surface area contributed by atoms with Crippen molar-refractivity contribution in [1.29, 1.82) is 5.26 Å². The molecule has 1 atom stereocenters. The molecule has 0 radical (unpaired) electrons. The van der Waals surface area contributed by atoms with Crippen molar-refractivity contribution in [2.75, 3.05) is 11.9 Å². The number of halogens is 2. The topological polar surface area (TPSA) is 110 Å². The lowest BCUT2D eigenvalue weighted by atomic mass is 10.1. The van der Waals surface area contributed by atoms with Gasteiger partial charge in [-0.3, -0.25) is 15.1 Å². The molecule has 4 aromatic rings. The molecule has 0 unspecified atom stereocenters. The predicted octanol–water partition coefficient (Wildman–Crippen LogP) is 7.30. The molecular weight excluding hydrogens is 515 g/mol. The molecule has 1 N–H and O–H groups in total. The number of nitriles is 1. The van der Waals surface area contributed by atoms with Gasteiger partial charge in [-0.2, -0.15) is 5.26 Å². The average Bonchev–Trinajstić information content (AvgIpc) is 3.28. The van der Waals surface area contributed by atoms with Crippen molar-refractivity contribution in [3.63, 3.8) is 0 Å². The lowest BCUT2D eigenvalue weighted by molar-refractivity contribution is -0.385. The third-order valence-electron chi connectivity index (χ3n) is 6.11. The number of ether oxygens (including phenoxy) is 2. The molecular formula is C27H22Cl2N4O4. The molecule has 0 bridgehead atoms. The van der Waals surface area contributed by atoms with Crippen LogP contribution in [-0.2, 0) is 6.42 Å². The second-order valence-electron chi connectivity index (χ2n) is 8.30. The first-order valence-electron chi connectivity index (χ1n) is 11.4. The van der Waals surface area contributed by atoms with E-state index < -0.39 is 4.92 Å². The van der Waals surface area contributed by atoms with Gasteiger partial charge in [0, 0.05) is 29.4 Å². The van der Waals surface area contributed by atoms with Gasteiger partial charge in [0.05, 0.1) is 33.3 Å². The quantitative estimate of drug-likeness (QED) is 0.195. The number of nitro groups is 1. The molecule has 3 aromatic carbocycles. The lowest BCUT2D eigenvalue weighted by Gasteiger charge is -2.17. The van der Waals surface area contributed by atoms with E-state index >= 15 is 0 Å². The number of pyridine rings is 1. The van der Waals surface area contributed by atoms with Gasteiger partial charge in [0.1, 0.15) is 17.9 Å². The molecule has 8 nitrogen and oxygen atoms in total. The van der Waals surface area contributed by atoms with Gasteiger partial charge in [0.25, 0.3) is 0 Å². The maximum absolute atomic E-state index is 11.7. The highest BCUT2D eigenvalue weighted by molar-refractivity contribution is 6.32. The highest BCUT2D eigenvalue weighted by Crippen LogP contribution is 2.40. The van der Waals surface area contributed by atoms with Crippen LogP contribution in [0.25, 0.3) is 10.9 Å². The summed E-state index contributed by atoms with van der Waals surface area (Å²) in [5.74, 6) is 0.678. The molecule has 5 rings (SSSR count). The van der Waals surface area contributed by atoms with E-state index in [1.165, 1.54) is 29.5 Å². The van der Waals surface area contributed by atoms with Crippen LogP contribution in [0.1, 0.15) is 36.1 Å². The molecule has 0 saturated heterocycles. The van der Waals surface area contributed by atoms with Crippen molar-refractivity contribution in [3.05, 3.63) is 92.6 Å². The number of rotatable bonds is 7. The summed E-state index contributed by atoms with van der Waals surface area (Å²) in [5.41, 5.74) is 3.93. The molecule has 37 heavy (non-hydrogen) atoms. The zero-order valence-electron chi connectivity index (χ0n) is 19.7. The lowest BCUT2D eigenvalue weighted by Crippen LogP contribution is -2.04. The summed E-state index contributed by atoms with van der Waals surface area (Å²) >= 11 is 6.57. The first kappa shape index (κ1) is 26.0. The molecule has 188 valence electrons. The minimum absolute atomic E-state index is 0. The zero-order valence-corrected chi connectivity index (χ0v) is 21.3. The third-order valence-corrected chi connectivity index (χ3v) is 6.41. The van der Waals surface area contributed by atoms with Crippen LogP contribution in [0.5, 0.6) is 11.5 Å². The summed E-state index contributed by atoms with van der Waals surface area (Å²) in [6.07, 6.45) is 3.20. The van der Waals surface area contributed by atoms with Gasteiger partial charge in [-0.25, -0.2) is 0 Å². The van der Waals surface area contributed by atoms with Crippen LogP contribution >= 0.6 is 24.0 Å². The van der Waals surface area contributed by atoms with Crippen LogP contribution in [0.3, 0.4) is 0 Å². The Morgan fingerprint density at radius 1 is 1.22 bits per heavy atom. The Morgan fingerprint density at radius 2 is 2.03 bits per heavy atom. The van der Waals surface area contributed by atoms with Crippen LogP contribution in [-0.4, -0.2) is 16.5 Å². The minimum atomic E-state index is -0.516. The molecule has 0 spiro atoms. The molecule has 0 amide bonds. The number of fused-ring (bicyclic) bond motifs is 2. The summed E-state index contributed by atoms with van der Waals surface area (Å²) < 4.78 is 11.6. The van der Waals surface area contributed by atoms with E-state index in [9.17, 15) is 15.4 Å². The zero-order chi connectivity index (χ0) is 25.2. The van der Waals surface area contributed by atoms with E-state index in [2.05, 4.69) is 28.5 Å². The van der Waals surface area contributed by atoms with Crippen LogP contribution in [0, 0.1) is 21.4 Å². The Morgan fingerprint density at radius 3 is 2.76 bits per heavy atom. The Hall–Kier alpha value is -4.06. The van der Waals surface area contributed by atoms with E-state index in [1.54, 1.807) is 25.1 Å². The number of nitrogens with zero attached hydrogens (tertiary/aromatic N) is 3. The summed E-state index contributed by atoms with van der Waals surface area (Å²) in [7, 11) is 0. The van der Waals surface area contributed by atoms with E-state index in [4.69, 9.17) is 21.1 Å². The number of aromatic nitrogens is 1. The Balaban J connectivity index is 0.00000320. The van der Waals surface area contributed by atoms with Gasteiger partial charge >= 0.3 is 5.69 Å². The summed E-state index contributed by atoms with van der Waals surface area (Å²) in [5, 5.41) is 25.4. The Labute approximate surface area is 224 Å². The van der Waals surface area contributed by atoms with Crippen LogP contribution in [0.2, 0.25) is 5.02 Å². The van der Waals surface area contributed by atoms with E-state index in [0.29, 0.717) is 33.0 Å². The monoisotopic (exact) mass is 536 g/mol. The second kappa shape index (κ2) is 10.9. The Bertz CT molecular complexity index is 1540. The summed E-state index contributed by atoms with van der Waals surface area (Å²) in [6.45, 7) is 2.02. The van der Waals surface area contributed by atoms with Crippen molar-refractivity contribution in [3.8, 4) is 17.6 Å². The number of anilines is 2. The maximum Gasteiger partial charge on any atom is 0.311 e. The van der Waals surface area contributed by atoms with Crippen molar-refractivity contribution in [1.82, 2.24) is 4.98 Å². The van der Waals surface area contributed by atoms with Crippen molar-refractivity contribution in [2.45, 2.75) is 25.9 Å². The highest BCUT2D eigenvalue weighted by atomic mass is 35.5. The van der Waals surface area contributed by atoms with Gasteiger partial charge in [-0.1, -0.05) is 35.9 Å². The van der Waals surface area contributed by atoms with Gasteiger partial charge in [0.15, 0.2) is 5.75 Å². The number of aryl methyl sites for hydroxylation is 1. The average molecular weight is 537 g/mol. The Kier molecular flexibility index (Phi) is 7.67. The number of nitro benzene ring substituents is 1. The number of hydrogen-bond donors (Lipinski definition) is 1. The summed E-state index contributed by atoms with van der Waals surface area (Å²) in [4.78, 5) is 15.4. The molecule has 10 heteroatoms. The van der Waals surface area contributed by atoms with E-state index in [1.807, 2.05) is 12.1 Å². The molecule has 1 heterocycles. The predicted molar refractivity (Wildman–Crippen MR) is 144 cm³/mol. The highest BCUT2D eigenvalue weighted by Gasteiger charge is 2.24. The number of benzene rings is 3. The van der Waals surface area contributed by atoms with Crippen molar-refractivity contribution in [2.24, 2.45) is 0 Å². The van der Waals surface area contributed by atoms with Crippen molar-refractivity contribution >= 4 is 52.0 Å². The van der Waals surface area contributed by atoms with E-state index in [0.717, 1.165) is 12.8 Å². The van der Waals surface area contributed by atoms with Crippen LogP contribution < -0.4 is 14.8 Å². The molecule has 1 aromatic heterocycles. The second-order valence-corrected chi connectivity index (χ2v) is 8.71. The number of hydrogen-bond acceptors (Lipinski definition) is 7. The third kappa shape index (κ3) is 5.10. The SMILES string of the molecule is CCOc1cc2ncc(C#N)c(Nc3ccc(O[C@H]4CCc5ccccc54)c(Cl)c3)c2cc1[N+](=O)[O-].Cl. The fourth-order valence-corrected chi connectivity index (χ4v) is 4.68. The standard InChI is InChI=1S/C27H21ClN4O4.ClH/c1-2-35-26-13-22-20(12-23(26)32(33)34)27(17(14-29)15-30-22)31-18-8-10-25(21(28)11-18)36-24-9-7-16-5-3-4-6-19(16)24;/h3-6,8,10-13,15,24H,2,7,9H2,1H3,(H,30,31);1H/t24-;/m0./s1. The van der Waals surface area contributed by atoms with Gasteiger partial charge in [-0.15, -0.1) is 12.4 Å². The van der Waals surface area contributed by atoms with Gasteiger partial charge < -0.3 is 14.8 Å². The molecule has 1 aliphatic rings. The first-order chi connectivity index (χ1) is 17.5. The fourth-order valence-electron chi connectivity index (χ4n) is 4.45. The largest absolute Gasteiger partial charge is 0.487 e. The van der Waals surface area contributed by atoms with E-state index in [-0.39, 0.29) is 42.1 Å². The van der Waals surface area contributed by atoms with Crippen molar-refractivity contribution < 1.29 is 14.4 Å². The fraction of sp³-hybridized carbons (Fsp3) is 0.185. The van der Waals surface area contributed by atoms with Gasteiger partial charge in [0.2, 0.25) is 0 Å². The molecule has 1 aliphatic carbocycles. The number of nitrogens with one attached hydrogen (secondary N) is 1. The summed E-state index contributed by atoms with van der Waals surface area (Å²) in [6, 6.07) is 18.5. The molecule has 0 saturated carbocycles. The first-order valence-corrected chi connectivity index (χ1v) is 11.8. The van der Waals surface area contributed by atoms with Crippen LogP contribution in [0.15, 0.2) is 60.8 Å². The van der Waals surface area contributed by atoms with Crippen LogP contribution in [0.4, 0.5) is 17.1 Å². The normalized spacial score (nSPS) is 13.8.